The zero-order valence-corrected chi connectivity index (χ0v) is 9.29. The minimum absolute atomic E-state index is 0.264. The smallest absolute Gasteiger partial charge is 0.303 e. The zero-order chi connectivity index (χ0) is 9.78. The van der Waals surface area contributed by atoms with Crippen molar-refractivity contribution in [1.29, 1.82) is 0 Å². The summed E-state index contributed by atoms with van der Waals surface area (Å²) in [5.74, 6) is -0.694. The molecule has 2 nitrogen and oxygen atoms in total. The Bertz CT molecular complexity index is 179. The number of carboxylic acid groups (broad SMARTS) is 1. The maximum Gasteiger partial charge on any atom is 0.303 e. The largest absolute Gasteiger partial charge is 0.481 e. The Balaban J connectivity index is 4.34. The summed E-state index contributed by atoms with van der Waals surface area (Å²) in [7, 11) is -1.34. The fourth-order valence-corrected chi connectivity index (χ4v) is 2.64. The van der Waals surface area contributed by atoms with E-state index in [1.165, 1.54) is 0 Å². The van der Waals surface area contributed by atoms with Crippen molar-refractivity contribution in [2.45, 2.75) is 38.5 Å². The van der Waals surface area contributed by atoms with E-state index in [9.17, 15) is 4.79 Å². The first-order valence-electron chi connectivity index (χ1n) is 4.22. The number of aliphatic carboxylic acids is 1. The van der Waals surface area contributed by atoms with E-state index in [1.54, 1.807) is 0 Å². The second-order valence-electron chi connectivity index (χ2n) is 4.10. The number of allylic oxidation sites excluding steroid dienone is 2. The van der Waals surface area contributed by atoms with E-state index in [-0.39, 0.29) is 12.0 Å². The summed E-state index contributed by atoms with van der Waals surface area (Å²) in [5, 5.41) is 8.66. The van der Waals surface area contributed by atoms with Crippen molar-refractivity contribution < 1.29 is 9.90 Å². The lowest BCUT2D eigenvalue weighted by atomic mass is 10.3. The van der Waals surface area contributed by atoms with Crippen molar-refractivity contribution in [3.05, 3.63) is 12.2 Å². The van der Waals surface area contributed by atoms with Gasteiger partial charge in [0, 0.05) is 6.42 Å². The molecule has 0 rings (SSSR count). The Morgan fingerprint density at radius 3 is 2.25 bits per heavy atom. The van der Waals surface area contributed by atoms with Crippen LogP contribution in [0.1, 0.15) is 13.3 Å². The average Bonchev–Trinajstić information content (AvgIpc) is 1.83. The monoisotopic (exact) mass is 186 g/mol. The molecular formula is C9H18O2Si. The molecule has 0 aromatic carbocycles. The summed E-state index contributed by atoms with van der Waals surface area (Å²) >= 11 is 0. The first-order chi connectivity index (χ1) is 5.38. The Kier molecular flexibility index (Phi) is 4.24. The minimum Gasteiger partial charge on any atom is -0.481 e. The van der Waals surface area contributed by atoms with Crippen LogP contribution in [-0.2, 0) is 4.79 Å². The summed E-state index contributed by atoms with van der Waals surface area (Å²) in [4.78, 5) is 10.5. The Hall–Kier alpha value is -0.573. The second kappa shape index (κ2) is 4.45. The van der Waals surface area contributed by atoms with Crippen LogP contribution in [-0.4, -0.2) is 19.1 Å². The maximum atomic E-state index is 10.5. The highest BCUT2D eigenvalue weighted by atomic mass is 28.3. The molecule has 12 heavy (non-hydrogen) atoms. The number of rotatable bonds is 4. The van der Waals surface area contributed by atoms with E-state index in [0.717, 1.165) is 0 Å². The van der Waals surface area contributed by atoms with Gasteiger partial charge in [0.05, 0.1) is 8.07 Å². The standard InChI is InChI=1S/C9H18O2Si/c1-5-6-8(7-9(10)11)12(2,3)4/h5-6,8H,7H2,1-4H3,(H,10,11)/b6-5+/t8-/m0/s1. The molecule has 0 radical (unpaired) electrons. The van der Waals surface area contributed by atoms with E-state index < -0.39 is 14.0 Å². The molecule has 0 saturated heterocycles. The third-order valence-corrected chi connectivity index (χ3v) is 4.55. The SMILES string of the molecule is C/C=C/[C@@H](CC(=O)O)[Si](C)(C)C. The summed E-state index contributed by atoms with van der Waals surface area (Å²) < 4.78 is 0. The minimum atomic E-state index is -1.34. The van der Waals surface area contributed by atoms with Gasteiger partial charge < -0.3 is 5.11 Å². The van der Waals surface area contributed by atoms with Crippen LogP contribution in [0.25, 0.3) is 0 Å². The van der Waals surface area contributed by atoms with E-state index >= 15 is 0 Å². The van der Waals surface area contributed by atoms with E-state index in [2.05, 4.69) is 19.6 Å². The Morgan fingerprint density at radius 2 is 2.00 bits per heavy atom. The third-order valence-electron chi connectivity index (χ3n) is 1.93. The molecule has 3 heteroatoms. The van der Waals surface area contributed by atoms with Gasteiger partial charge in [-0.2, -0.15) is 0 Å². The normalized spacial score (nSPS) is 15.0. The fraction of sp³-hybridized carbons (Fsp3) is 0.667. The van der Waals surface area contributed by atoms with Gasteiger partial charge in [-0.05, 0) is 12.5 Å². The molecule has 0 bridgehead atoms. The van der Waals surface area contributed by atoms with Crippen LogP contribution in [0, 0.1) is 0 Å². The summed E-state index contributed by atoms with van der Waals surface area (Å²) in [6.45, 7) is 8.52. The molecule has 0 amide bonds. The summed E-state index contributed by atoms with van der Waals surface area (Å²) in [6, 6.07) is 0. The molecule has 1 N–H and O–H groups in total. The van der Waals surface area contributed by atoms with Gasteiger partial charge in [-0.15, -0.1) is 0 Å². The first kappa shape index (κ1) is 11.4. The van der Waals surface area contributed by atoms with Crippen LogP contribution in [0.2, 0.25) is 25.2 Å². The molecular weight excluding hydrogens is 168 g/mol. The number of hydrogen-bond donors (Lipinski definition) is 1. The molecule has 70 valence electrons. The van der Waals surface area contributed by atoms with Crippen LogP contribution in [0.4, 0.5) is 0 Å². The van der Waals surface area contributed by atoms with Gasteiger partial charge in [0.2, 0.25) is 0 Å². The Morgan fingerprint density at radius 1 is 1.50 bits per heavy atom. The van der Waals surface area contributed by atoms with Crippen molar-refractivity contribution >= 4 is 14.0 Å². The summed E-state index contributed by atoms with van der Waals surface area (Å²) in [6.07, 6.45) is 4.26. The average molecular weight is 186 g/mol. The third kappa shape index (κ3) is 4.33. The highest BCUT2D eigenvalue weighted by Gasteiger charge is 2.25. The molecule has 0 heterocycles. The molecule has 0 saturated carbocycles. The molecule has 0 aromatic rings. The van der Waals surface area contributed by atoms with Crippen LogP contribution in [0.15, 0.2) is 12.2 Å². The first-order valence-corrected chi connectivity index (χ1v) is 7.80. The van der Waals surface area contributed by atoms with E-state index in [0.29, 0.717) is 0 Å². The topological polar surface area (TPSA) is 37.3 Å². The quantitative estimate of drug-likeness (QED) is 0.541. The van der Waals surface area contributed by atoms with E-state index in [4.69, 9.17) is 5.11 Å². The van der Waals surface area contributed by atoms with Gasteiger partial charge in [0.1, 0.15) is 0 Å². The highest BCUT2D eigenvalue weighted by molar-refractivity contribution is 6.78. The lowest BCUT2D eigenvalue weighted by Crippen LogP contribution is -2.28. The van der Waals surface area contributed by atoms with Crippen molar-refractivity contribution in [2.24, 2.45) is 0 Å². The predicted molar refractivity (Wildman–Crippen MR) is 54.2 cm³/mol. The van der Waals surface area contributed by atoms with Gasteiger partial charge in [0.15, 0.2) is 0 Å². The van der Waals surface area contributed by atoms with Gasteiger partial charge in [-0.3, -0.25) is 4.79 Å². The van der Waals surface area contributed by atoms with Crippen molar-refractivity contribution in [3.63, 3.8) is 0 Å². The molecule has 0 unspecified atom stereocenters. The second-order valence-corrected chi connectivity index (χ2v) is 9.57. The molecule has 0 aliphatic heterocycles. The van der Waals surface area contributed by atoms with Crippen LogP contribution in [0.3, 0.4) is 0 Å². The van der Waals surface area contributed by atoms with Crippen LogP contribution < -0.4 is 0 Å². The molecule has 0 spiro atoms. The van der Waals surface area contributed by atoms with Gasteiger partial charge in [-0.25, -0.2) is 0 Å². The number of carbonyl (C=O) groups is 1. The molecule has 0 aromatic heterocycles. The zero-order valence-electron chi connectivity index (χ0n) is 8.29. The lowest BCUT2D eigenvalue weighted by molar-refractivity contribution is -0.136. The molecule has 0 fully saturated rings. The fourth-order valence-electron chi connectivity index (χ4n) is 1.08. The van der Waals surface area contributed by atoms with Crippen molar-refractivity contribution in [1.82, 2.24) is 0 Å². The lowest BCUT2D eigenvalue weighted by Gasteiger charge is -2.24. The number of hydrogen-bond acceptors (Lipinski definition) is 1. The molecule has 0 aliphatic carbocycles. The van der Waals surface area contributed by atoms with Gasteiger partial charge in [0.25, 0.3) is 0 Å². The van der Waals surface area contributed by atoms with E-state index in [1.807, 2.05) is 19.1 Å². The predicted octanol–water partition coefficient (Wildman–Crippen LogP) is 2.75. The van der Waals surface area contributed by atoms with Crippen LogP contribution in [0.5, 0.6) is 0 Å². The maximum absolute atomic E-state index is 10.5. The summed E-state index contributed by atoms with van der Waals surface area (Å²) in [5.41, 5.74) is 0.264. The van der Waals surface area contributed by atoms with Gasteiger partial charge in [-0.1, -0.05) is 31.8 Å². The van der Waals surface area contributed by atoms with Crippen molar-refractivity contribution in [2.75, 3.05) is 0 Å². The highest BCUT2D eigenvalue weighted by Crippen LogP contribution is 2.26. The van der Waals surface area contributed by atoms with Gasteiger partial charge >= 0.3 is 5.97 Å². The van der Waals surface area contributed by atoms with Crippen molar-refractivity contribution in [3.8, 4) is 0 Å². The number of carboxylic acids is 1. The molecule has 1 atom stereocenters. The molecule has 0 aliphatic rings. The van der Waals surface area contributed by atoms with Crippen LogP contribution >= 0.6 is 0 Å². The Labute approximate surface area is 75.3 Å².